The number of carbonyl (C=O) groups excluding carboxylic acids is 1. The number of hydrogen-bond acceptors (Lipinski definition) is 3. The number of carbonyl (C=O) groups is 2. The smallest absolute Gasteiger partial charge is 0.326 e. The van der Waals surface area contributed by atoms with Crippen molar-refractivity contribution in [2.75, 3.05) is 12.4 Å². The van der Waals surface area contributed by atoms with Crippen LogP contribution in [0.4, 0.5) is 10.5 Å². The molecule has 0 radical (unpaired) electrons. The molecule has 0 aromatic heterocycles. The Morgan fingerprint density at radius 3 is 2.70 bits per heavy atom. The number of rotatable bonds is 7. The topological polar surface area (TPSA) is 90.5 Å². The van der Waals surface area contributed by atoms with Crippen LogP contribution in [-0.4, -0.2) is 30.2 Å². The minimum Gasteiger partial charge on any atom is -0.480 e. The number of benzene rings is 1. The van der Waals surface area contributed by atoms with Crippen LogP contribution in [0.1, 0.15) is 25.3 Å². The summed E-state index contributed by atoms with van der Waals surface area (Å²) in [6.45, 7) is 2.57. The van der Waals surface area contributed by atoms with Gasteiger partial charge in [0.15, 0.2) is 0 Å². The van der Waals surface area contributed by atoms with E-state index in [1.807, 2.05) is 32.2 Å². The first-order chi connectivity index (χ1) is 9.56. The molecule has 2 amide bonds. The lowest BCUT2D eigenvalue weighted by molar-refractivity contribution is -0.139. The van der Waals surface area contributed by atoms with Crippen molar-refractivity contribution in [3.8, 4) is 0 Å². The van der Waals surface area contributed by atoms with Crippen molar-refractivity contribution < 1.29 is 14.7 Å². The molecular weight excluding hydrogens is 258 g/mol. The van der Waals surface area contributed by atoms with Gasteiger partial charge in [0.1, 0.15) is 6.04 Å². The molecule has 6 nitrogen and oxygen atoms in total. The molecule has 1 aromatic rings. The molecule has 0 aliphatic carbocycles. The Morgan fingerprint density at radius 2 is 2.10 bits per heavy atom. The normalized spacial score (nSPS) is 11.7. The molecule has 0 heterocycles. The summed E-state index contributed by atoms with van der Waals surface area (Å²) in [7, 11) is 1.84. The number of aliphatic carboxylic acids is 1. The summed E-state index contributed by atoms with van der Waals surface area (Å²) in [4.78, 5) is 22.7. The second-order valence-electron chi connectivity index (χ2n) is 4.51. The Labute approximate surface area is 118 Å². The predicted molar refractivity (Wildman–Crippen MR) is 77.7 cm³/mol. The zero-order valence-corrected chi connectivity index (χ0v) is 11.8. The van der Waals surface area contributed by atoms with Gasteiger partial charge in [0.25, 0.3) is 0 Å². The van der Waals surface area contributed by atoms with E-state index in [0.717, 1.165) is 5.56 Å². The fourth-order valence-corrected chi connectivity index (χ4v) is 1.83. The first-order valence-corrected chi connectivity index (χ1v) is 6.60. The molecule has 1 rings (SSSR count). The summed E-state index contributed by atoms with van der Waals surface area (Å²) >= 11 is 0. The molecular formula is C14H21N3O3. The summed E-state index contributed by atoms with van der Waals surface area (Å²) in [6, 6.07) is 6.01. The number of anilines is 1. The third kappa shape index (κ3) is 5.27. The van der Waals surface area contributed by atoms with Gasteiger partial charge < -0.3 is 21.1 Å². The van der Waals surface area contributed by atoms with Crippen LogP contribution in [0.2, 0.25) is 0 Å². The van der Waals surface area contributed by atoms with E-state index in [2.05, 4.69) is 16.0 Å². The summed E-state index contributed by atoms with van der Waals surface area (Å²) in [5, 5.41) is 17.1. The lowest BCUT2D eigenvalue weighted by atomic mass is 10.2. The summed E-state index contributed by atoms with van der Waals surface area (Å²) < 4.78 is 0. The van der Waals surface area contributed by atoms with E-state index in [0.29, 0.717) is 25.1 Å². The largest absolute Gasteiger partial charge is 0.480 e. The van der Waals surface area contributed by atoms with Gasteiger partial charge in [-0.25, -0.2) is 9.59 Å². The van der Waals surface area contributed by atoms with Crippen molar-refractivity contribution in [1.82, 2.24) is 10.6 Å². The lowest BCUT2D eigenvalue weighted by Crippen LogP contribution is -2.42. The highest BCUT2D eigenvalue weighted by Gasteiger charge is 2.18. The van der Waals surface area contributed by atoms with Crippen LogP contribution < -0.4 is 16.0 Å². The molecule has 0 unspecified atom stereocenters. The number of carboxylic acids is 1. The highest BCUT2D eigenvalue weighted by Crippen LogP contribution is 2.10. The molecule has 0 fully saturated rings. The van der Waals surface area contributed by atoms with Crippen molar-refractivity contribution >= 4 is 17.7 Å². The molecule has 20 heavy (non-hydrogen) atoms. The summed E-state index contributed by atoms with van der Waals surface area (Å²) in [5.41, 5.74) is 1.67. The van der Waals surface area contributed by atoms with Gasteiger partial charge in [0, 0.05) is 12.2 Å². The van der Waals surface area contributed by atoms with Gasteiger partial charge in [-0.15, -0.1) is 0 Å². The fourth-order valence-electron chi connectivity index (χ4n) is 1.83. The van der Waals surface area contributed by atoms with Gasteiger partial charge in [0.05, 0.1) is 0 Å². The molecule has 6 heteroatoms. The maximum absolute atomic E-state index is 11.8. The third-order valence-corrected chi connectivity index (χ3v) is 2.75. The van der Waals surface area contributed by atoms with E-state index in [-0.39, 0.29) is 0 Å². The minimum absolute atomic E-state index is 0.405. The first-order valence-electron chi connectivity index (χ1n) is 6.60. The van der Waals surface area contributed by atoms with Crippen molar-refractivity contribution in [3.63, 3.8) is 0 Å². The monoisotopic (exact) mass is 279 g/mol. The van der Waals surface area contributed by atoms with Crippen LogP contribution >= 0.6 is 0 Å². The van der Waals surface area contributed by atoms with Crippen molar-refractivity contribution in [3.05, 3.63) is 29.8 Å². The first kappa shape index (κ1) is 16.0. The number of carboxylic acid groups (broad SMARTS) is 1. The van der Waals surface area contributed by atoms with E-state index in [9.17, 15) is 9.59 Å². The molecule has 1 aromatic carbocycles. The standard InChI is InChI=1S/C14H21N3O3/c1-3-5-12(13(18)19)17-14(20)16-11-7-4-6-10(8-11)9-15-2/h4,6-8,12,15H,3,5,9H2,1-2H3,(H,18,19)(H2,16,17,20)/t12-/m1/s1. The number of nitrogens with one attached hydrogen (secondary N) is 3. The van der Waals surface area contributed by atoms with Crippen molar-refractivity contribution in [1.29, 1.82) is 0 Å². The van der Waals surface area contributed by atoms with Gasteiger partial charge in [-0.2, -0.15) is 0 Å². The highest BCUT2D eigenvalue weighted by molar-refractivity contribution is 5.92. The van der Waals surface area contributed by atoms with E-state index in [4.69, 9.17) is 5.11 Å². The quantitative estimate of drug-likeness (QED) is 0.612. The fraction of sp³-hybridized carbons (Fsp3) is 0.429. The molecule has 0 aliphatic heterocycles. The Hall–Kier alpha value is -2.08. The molecule has 0 saturated carbocycles. The van der Waals surface area contributed by atoms with Gasteiger partial charge in [0.2, 0.25) is 0 Å². The van der Waals surface area contributed by atoms with E-state index < -0.39 is 18.0 Å². The van der Waals surface area contributed by atoms with Crippen LogP contribution in [0.15, 0.2) is 24.3 Å². The maximum atomic E-state index is 11.8. The van der Waals surface area contributed by atoms with Crippen LogP contribution in [0.5, 0.6) is 0 Å². The summed E-state index contributed by atoms with van der Waals surface area (Å²) in [5.74, 6) is -1.02. The second-order valence-corrected chi connectivity index (χ2v) is 4.51. The van der Waals surface area contributed by atoms with Crippen LogP contribution in [-0.2, 0) is 11.3 Å². The molecule has 110 valence electrons. The number of hydrogen-bond donors (Lipinski definition) is 4. The van der Waals surface area contributed by atoms with Crippen LogP contribution in [0.25, 0.3) is 0 Å². The SMILES string of the molecule is CCC[C@@H](NC(=O)Nc1cccc(CNC)c1)C(=O)O. The predicted octanol–water partition coefficient (Wildman–Crippen LogP) is 1.78. The third-order valence-electron chi connectivity index (χ3n) is 2.75. The van der Waals surface area contributed by atoms with Crippen molar-refractivity contribution in [2.24, 2.45) is 0 Å². The number of urea groups is 1. The maximum Gasteiger partial charge on any atom is 0.326 e. The van der Waals surface area contributed by atoms with Crippen molar-refractivity contribution in [2.45, 2.75) is 32.4 Å². The highest BCUT2D eigenvalue weighted by atomic mass is 16.4. The average Bonchev–Trinajstić information content (AvgIpc) is 2.38. The Kier molecular flexibility index (Phi) is 6.52. The Bertz CT molecular complexity index is 463. The Morgan fingerprint density at radius 1 is 1.35 bits per heavy atom. The minimum atomic E-state index is -1.02. The molecule has 0 bridgehead atoms. The molecule has 0 aliphatic rings. The van der Waals surface area contributed by atoms with E-state index >= 15 is 0 Å². The van der Waals surface area contributed by atoms with Crippen LogP contribution in [0, 0.1) is 0 Å². The lowest BCUT2D eigenvalue weighted by Gasteiger charge is -2.14. The molecule has 0 saturated heterocycles. The van der Waals surface area contributed by atoms with Gasteiger partial charge in [-0.1, -0.05) is 25.5 Å². The average molecular weight is 279 g/mol. The zero-order valence-electron chi connectivity index (χ0n) is 11.8. The second kappa shape index (κ2) is 8.16. The summed E-state index contributed by atoms with van der Waals surface area (Å²) in [6.07, 6.45) is 1.09. The van der Waals surface area contributed by atoms with Crippen LogP contribution in [0.3, 0.4) is 0 Å². The zero-order chi connectivity index (χ0) is 15.0. The van der Waals surface area contributed by atoms with E-state index in [1.165, 1.54) is 0 Å². The Balaban J connectivity index is 2.61. The number of amides is 2. The molecule has 4 N–H and O–H groups in total. The van der Waals surface area contributed by atoms with Gasteiger partial charge >= 0.3 is 12.0 Å². The van der Waals surface area contributed by atoms with E-state index in [1.54, 1.807) is 6.07 Å². The molecule has 0 spiro atoms. The molecule has 1 atom stereocenters. The van der Waals surface area contributed by atoms with Gasteiger partial charge in [-0.05, 0) is 31.2 Å². The van der Waals surface area contributed by atoms with Gasteiger partial charge in [-0.3, -0.25) is 0 Å².